The summed E-state index contributed by atoms with van der Waals surface area (Å²) >= 11 is 0. The minimum atomic E-state index is -4.82. The van der Waals surface area contributed by atoms with Crippen LogP contribution in [-0.2, 0) is 20.9 Å². The van der Waals surface area contributed by atoms with Crippen molar-refractivity contribution in [3.05, 3.63) is 41.2 Å². The third kappa shape index (κ3) is 5.38. The predicted molar refractivity (Wildman–Crippen MR) is 88.1 cm³/mol. The zero-order valence-electron chi connectivity index (χ0n) is 14.6. The van der Waals surface area contributed by atoms with E-state index < -0.39 is 53.8 Å². The Hall–Kier alpha value is -3.24. The van der Waals surface area contributed by atoms with Crippen LogP contribution in [0.2, 0.25) is 0 Å². The van der Waals surface area contributed by atoms with Crippen molar-refractivity contribution in [2.24, 2.45) is 0 Å². The average molecular weight is 402 g/mol. The second-order valence-corrected chi connectivity index (χ2v) is 6.08. The van der Waals surface area contributed by atoms with Gasteiger partial charge in [0, 0.05) is 19.0 Å². The molecule has 11 heteroatoms. The van der Waals surface area contributed by atoms with Crippen LogP contribution in [0.1, 0.15) is 18.9 Å². The van der Waals surface area contributed by atoms with E-state index in [1.807, 2.05) is 5.32 Å². The Bertz CT molecular complexity index is 804. The van der Waals surface area contributed by atoms with Crippen molar-refractivity contribution in [3.8, 4) is 5.75 Å². The number of halogens is 3. The van der Waals surface area contributed by atoms with Gasteiger partial charge in [0.25, 0.3) is 11.8 Å². The van der Waals surface area contributed by atoms with Crippen LogP contribution in [0, 0.1) is 0 Å². The lowest BCUT2D eigenvalue weighted by atomic mass is 9.99. The Labute approximate surface area is 157 Å². The van der Waals surface area contributed by atoms with Gasteiger partial charge in [-0.1, -0.05) is 12.1 Å². The molecule has 3 N–H and O–H groups in total. The van der Waals surface area contributed by atoms with Crippen LogP contribution in [0.15, 0.2) is 35.6 Å². The molecule has 2 amide bonds. The SMILES string of the molecule is CC1CC(O)=C(C(=O)NCC(=O)O)C(=O)N1Cc1ccc(OC(F)(F)F)cc1. The monoisotopic (exact) mass is 402 g/mol. The summed E-state index contributed by atoms with van der Waals surface area (Å²) in [4.78, 5) is 36.5. The maximum Gasteiger partial charge on any atom is 0.573 e. The number of hydrogen-bond donors (Lipinski definition) is 3. The van der Waals surface area contributed by atoms with Crippen molar-refractivity contribution in [3.63, 3.8) is 0 Å². The van der Waals surface area contributed by atoms with Crippen LogP contribution >= 0.6 is 0 Å². The number of rotatable bonds is 6. The Kier molecular flexibility index (Phi) is 6.16. The fourth-order valence-corrected chi connectivity index (χ4v) is 2.65. The van der Waals surface area contributed by atoms with Gasteiger partial charge in [0.1, 0.15) is 23.6 Å². The molecule has 1 aromatic rings. The van der Waals surface area contributed by atoms with Gasteiger partial charge in [0.15, 0.2) is 0 Å². The van der Waals surface area contributed by atoms with E-state index in [0.29, 0.717) is 5.56 Å². The van der Waals surface area contributed by atoms with Gasteiger partial charge in [-0.2, -0.15) is 0 Å². The zero-order valence-corrected chi connectivity index (χ0v) is 14.6. The molecule has 0 aliphatic carbocycles. The van der Waals surface area contributed by atoms with Gasteiger partial charge in [-0.3, -0.25) is 14.4 Å². The minimum Gasteiger partial charge on any atom is -0.511 e. The number of aliphatic hydroxyl groups is 1. The van der Waals surface area contributed by atoms with E-state index in [9.17, 15) is 32.7 Å². The molecule has 28 heavy (non-hydrogen) atoms. The molecule has 8 nitrogen and oxygen atoms in total. The van der Waals surface area contributed by atoms with Gasteiger partial charge in [0.2, 0.25) is 0 Å². The first-order chi connectivity index (χ1) is 13.0. The van der Waals surface area contributed by atoms with E-state index >= 15 is 0 Å². The molecule has 0 fully saturated rings. The van der Waals surface area contributed by atoms with Crippen LogP contribution in [0.25, 0.3) is 0 Å². The van der Waals surface area contributed by atoms with Gasteiger partial charge in [-0.25, -0.2) is 0 Å². The number of carboxylic acids is 1. The number of aliphatic hydroxyl groups excluding tert-OH is 1. The molecule has 0 saturated carbocycles. The lowest BCUT2D eigenvalue weighted by Gasteiger charge is -2.34. The lowest BCUT2D eigenvalue weighted by Crippen LogP contribution is -2.47. The molecule has 1 unspecified atom stereocenters. The number of amides is 2. The topological polar surface area (TPSA) is 116 Å². The maximum absolute atomic E-state index is 12.6. The van der Waals surface area contributed by atoms with Crippen LogP contribution in [0.4, 0.5) is 13.2 Å². The summed E-state index contributed by atoms with van der Waals surface area (Å²) in [5.74, 6) is -4.01. The number of ether oxygens (including phenoxy) is 1. The quantitative estimate of drug-likeness (QED) is 0.624. The molecule has 1 atom stereocenters. The first-order valence-electron chi connectivity index (χ1n) is 8.05. The van der Waals surface area contributed by atoms with E-state index in [0.717, 1.165) is 12.1 Å². The van der Waals surface area contributed by atoms with Crippen LogP contribution < -0.4 is 10.1 Å². The minimum absolute atomic E-state index is 0.0309. The molecule has 1 aliphatic rings. The maximum atomic E-state index is 12.6. The van der Waals surface area contributed by atoms with Crippen LogP contribution in [-0.4, -0.2) is 51.8 Å². The van der Waals surface area contributed by atoms with Crippen molar-refractivity contribution < 1.29 is 42.5 Å². The van der Waals surface area contributed by atoms with E-state index in [-0.39, 0.29) is 13.0 Å². The first-order valence-corrected chi connectivity index (χ1v) is 8.05. The fraction of sp³-hybridized carbons (Fsp3) is 0.353. The highest BCUT2D eigenvalue weighted by Crippen LogP contribution is 2.27. The molecule has 0 saturated heterocycles. The smallest absolute Gasteiger partial charge is 0.511 e. The van der Waals surface area contributed by atoms with Crippen LogP contribution in [0.3, 0.4) is 0 Å². The largest absolute Gasteiger partial charge is 0.573 e. The van der Waals surface area contributed by atoms with Gasteiger partial charge in [-0.15, -0.1) is 13.2 Å². The van der Waals surface area contributed by atoms with Crippen molar-refractivity contribution in [1.82, 2.24) is 10.2 Å². The van der Waals surface area contributed by atoms with Gasteiger partial charge in [0.05, 0.1) is 0 Å². The molecular weight excluding hydrogens is 385 g/mol. The molecule has 1 aliphatic heterocycles. The zero-order chi connectivity index (χ0) is 21.1. The summed E-state index contributed by atoms with van der Waals surface area (Å²) in [6.07, 6.45) is -4.85. The molecular formula is C17H17F3N2O6. The third-order valence-corrected chi connectivity index (χ3v) is 3.92. The number of nitrogens with one attached hydrogen (secondary N) is 1. The second kappa shape index (κ2) is 8.19. The number of nitrogens with zero attached hydrogens (tertiary/aromatic N) is 1. The number of aliphatic carboxylic acids is 1. The molecule has 152 valence electrons. The Morgan fingerprint density at radius 3 is 2.43 bits per heavy atom. The second-order valence-electron chi connectivity index (χ2n) is 6.08. The number of alkyl halides is 3. The average Bonchev–Trinajstić information content (AvgIpc) is 2.56. The summed E-state index contributed by atoms with van der Waals surface area (Å²) < 4.78 is 40.4. The Morgan fingerprint density at radius 2 is 1.89 bits per heavy atom. The summed E-state index contributed by atoms with van der Waals surface area (Å²) in [5.41, 5.74) is -0.0854. The van der Waals surface area contributed by atoms with Gasteiger partial charge < -0.3 is 25.2 Å². The Balaban J connectivity index is 2.14. The van der Waals surface area contributed by atoms with Crippen molar-refractivity contribution in [2.45, 2.75) is 32.3 Å². The standard InChI is InChI=1S/C17H17F3N2O6/c1-9-6-12(23)14(15(26)21-7-13(24)25)16(27)22(9)8-10-2-4-11(5-3-10)28-17(18,19)20/h2-5,9,23H,6-8H2,1H3,(H,21,26)(H,24,25). The van der Waals surface area contributed by atoms with Gasteiger partial charge >= 0.3 is 12.3 Å². The van der Waals surface area contributed by atoms with Crippen molar-refractivity contribution >= 4 is 17.8 Å². The van der Waals surface area contributed by atoms with E-state index in [1.54, 1.807) is 6.92 Å². The molecule has 0 aromatic heterocycles. The normalized spacial score (nSPS) is 17.5. The first kappa shape index (κ1) is 21.1. The number of carbonyl (C=O) groups excluding carboxylic acids is 2. The third-order valence-electron chi connectivity index (χ3n) is 3.92. The molecule has 0 radical (unpaired) electrons. The molecule has 1 heterocycles. The number of carboxylic acid groups (broad SMARTS) is 1. The summed E-state index contributed by atoms with van der Waals surface area (Å²) in [5, 5.41) is 20.6. The van der Waals surface area contributed by atoms with E-state index in [1.165, 1.54) is 17.0 Å². The highest BCUT2D eigenvalue weighted by molar-refractivity contribution is 6.19. The van der Waals surface area contributed by atoms with Crippen molar-refractivity contribution in [1.29, 1.82) is 0 Å². The molecule has 0 spiro atoms. The highest BCUT2D eigenvalue weighted by atomic mass is 19.4. The van der Waals surface area contributed by atoms with E-state index in [4.69, 9.17) is 5.11 Å². The summed E-state index contributed by atoms with van der Waals surface area (Å²) in [6.45, 7) is 0.871. The number of benzene rings is 1. The number of hydrogen-bond acceptors (Lipinski definition) is 5. The molecule has 1 aromatic carbocycles. The summed E-state index contributed by atoms with van der Waals surface area (Å²) in [7, 11) is 0. The molecule has 0 bridgehead atoms. The predicted octanol–water partition coefficient (Wildman–Crippen LogP) is 1.72. The molecule has 2 rings (SSSR count). The van der Waals surface area contributed by atoms with E-state index in [2.05, 4.69) is 4.74 Å². The highest BCUT2D eigenvalue weighted by Gasteiger charge is 2.36. The lowest BCUT2D eigenvalue weighted by molar-refractivity contribution is -0.274. The van der Waals surface area contributed by atoms with Crippen LogP contribution in [0.5, 0.6) is 5.75 Å². The Morgan fingerprint density at radius 1 is 1.29 bits per heavy atom. The van der Waals surface area contributed by atoms with Crippen molar-refractivity contribution in [2.75, 3.05) is 6.54 Å². The number of carbonyl (C=O) groups is 3. The summed E-state index contributed by atoms with van der Waals surface area (Å²) in [6, 6.07) is 4.37. The fourth-order valence-electron chi connectivity index (χ4n) is 2.65. The van der Waals surface area contributed by atoms with Gasteiger partial charge in [-0.05, 0) is 24.6 Å².